The summed E-state index contributed by atoms with van der Waals surface area (Å²) in [6.07, 6.45) is 0. The lowest BCUT2D eigenvalue weighted by Crippen LogP contribution is -2.22. The van der Waals surface area contributed by atoms with Crippen LogP contribution in [0.4, 0.5) is 5.82 Å². The number of methoxy groups -OCH3 is 1. The summed E-state index contributed by atoms with van der Waals surface area (Å²) in [7, 11) is 1.59. The lowest BCUT2D eigenvalue weighted by Gasteiger charge is -2.10. The molecule has 6 nitrogen and oxygen atoms in total. The summed E-state index contributed by atoms with van der Waals surface area (Å²) < 4.78 is 10.9. The maximum Gasteiger partial charge on any atom is 0.239 e. The van der Waals surface area contributed by atoms with Crippen LogP contribution in [0, 0.1) is 6.92 Å². The minimum atomic E-state index is -0.308. The van der Waals surface area contributed by atoms with Crippen LogP contribution in [0.15, 0.2) is 36.4 Å². The Morgan fingerprint density at radius 1 is 1.33 bits per heavy atom. The summed E-state index contributed by atoms with van der Waals surface area (Å²) in [5.74, 6) is 1.80. The molecule has 0 atom stereocenters. The van der Waals surface area contributed by atoms with Gasteiger partial charge in [0.15, 0.2) is 0 Å². The van der Waals surface area contributed by atoms with Crippen LogP contribution in [0.3, 0.4) is 0 Å². The van der Waals surface area contributed by atoms with Crippen molar-refractivity contribution in [3.05, 3.63) is 42.0 Å². The van der Waals surface area contributed by atoms with Crippen molar-refractivity contribution >= 4 is 11.7 Å². The zero-order valence-corrected chi connectivity index (χ0v) is 11.9. The molecule has 0 saturated carbocycles. The number of nitrogens with two attached hydrogens (primary N) is 1. The van der Waals surface area contributed by atoms with Gasteiger partial charge in [-0.2, -0.15) is 4.98 Å². The molecule has 0 fully saturated rings. The number of aryl methyl sites for hydroxylation is 1. The van der Waals surface area contributed by atoms with Gasteiger partial charge in [-0.05, 0) is 24.6 Å². The Kier molecular flexibility index (Phi) is 4.73. The highest BCUT2D eigenvalue weighted by molar-refractivity contribution is 5.91. The molecule has 110 valence electrons. The van der Waals surface area contributed by atoms with E-state index in [0.29, 0.717) is 23.2 Å². The van der Waals surface area contributed by atoms with Crippen molar-refractivity contribution in [1.29, 1.82) is 0 Å². The van der Waals surface area contributed by atoms with Crippen LogP contribution in [-0.2, 0) is 4.79 Å². The SMILES string of the molecule is COc1ccc(C)c(Oc2cccc(NC(=O)CN)n2)c1. The average Bonchev–Trinajstić information content (AvgIpc) is 2.49. The molecule has 0 aliphatic rings. The molecule has 2 rings (SSSR count). The predicted octanol–water partition coefficient (Wildman–Crippen LogP) is 2.09. The number of aromatic nitrogens is 1. The van der Waals surface area contributed by atoms with E-state index >= 15 is 0 Å². The number of hydrogen-bond donors (Lipinski definition) is 2. The fourth-order valence-corrected chi connectivity index (χ4v) is 1.67. The third-order valence-electron chi connectivity index (χ3n) is 2.79. The fraction of sp³-hybridized carbons (Fsp3) is 0.200. The summed E-state index contributed by atoms with van der Waals surface area (Å²) >= 11 is 0. The lowest BCUT2D eigenvalue weighted by atomic mass is 10.2. The van der Waals surface area contributed by atoms with Crippen LogP contribution in [-0.4, -0.2) is 24.5 Å². The van der Waals surface area contributed by atoms with Gasteiger partial charge in [0.05, 0.1) is 13.7 Å². The van der Waals surface area contributed by atoms with E-state index in [0.717, 1.165) is 5.56 Å². The second kappa shape index (κ2) is 6.71. The van der Waals surface area contributed by atoms with Gasteiger partial charge < -0.3 is 20.5 Å². The molecule has 1 amide bonds. The van der Waals surface area contributed by atoms with E-state index in [1.807, 2.05) is 19.1 Å². The Hall–Kier alpha value is -2.60. The summed E-state index contributed by atoms with van der Waals surface area (Å²) in [6.45, 7) is 1.83. The van der Waals surface area contributed by atoms with E-state index in [1.54, 1.807) is 31.4 Å². The Bertz CT molecular complexity index is 644. The van der Waals surface area contributed by atoms with Crippen molar-refractivity contribution in [2.75, 3.05) is 19.0 Å². The normalized spacial score (nSPS) is 10.0. The van der Waals surface area contributed by atoms with Gasteiger partial charge >= 0.3 is 0 Å². The third-order valence-corrected chi connectivity index (χ3v) is 2.79. The third kappa shape index (κ3) is 3.93. The Morgan fingerprint density at radius 3 is 2.86 bits per heavy atom. The van der Waals surface area contributed by atoms with Gasteiger partial charge in [0, 0.05) is 12.1 Å². The number of ether oxygens (including phenoxy) is 2. The number of benzene rings is 1. The molecular weight excluding hydrogens is 270 g/mol. The van der Waals surface area contributed by atoms with Gasteiger partial charge in [0.2, 0.25) is 11.8 Å². The van der Waals surface area contributed by atoms with Gasteiger partial charge in [0.25, 0.3) is 0 Å². The molecule has 1 aromatic heterocycles. The lowest BCUT2D eigenvalue weighted by molar-refractivity contribution is -0.114. The van der Waals surface area contributed by atoms with Crippen LogP contribution in [0.25, 0.3) is 0 Å². The first-order valence-electron chi connectivity index (χ1n) is 6.42. The number of nitrogens with one attached hydrogen (secondary N) is 1. The molecule has 1 aromatic carbocycles. The van der Waals surface area contributed by atoms with Crippen LogP contribution >= 0.6 is 0 Å². The molecule has 0 aliphatic heterocycles. The van der Waals surface area contributed by atoms with Gasteiger partial charge in [-0.15, -0.1) is 0 Å². The van der Waals surface area contributed by atoms with Gasteiger partial charge in [-0.1, -0.05) is 12.1 Å². The number of nitrogens with zero attached hydrogens (tertiary/aromatic N) is 1. The number of pyridine rings is 1. The van der Waals surface area contributed by atoms with Crippen molar-refractivity contribution in [3.8, 4) is 17.4 Å². The average molecular weight is 287 g/mol. The van der Waals surface area contributed by atoms with E-state index < -0.39 is 0 Å². The van der Waals surface area contributed by atoms with E-state index in [-0.39, 0.29) is 12.5 Å². The quantitative estimate of drug-likeness (QED) is 0.879. The highest BCUT2D eigenvalue weighted by atomic mass is 16.5. The van der Waals surface area contributed by atoms with Crippen LogP contribution in [0.2, 0.25) is 0 Å². The van der Waals surface area contributed by atoms with Crippen LogP contribution in [0.1, 0.15) is 5.56 Å². The van der Waals surface area contributed by atoms with Crippen LogP contribution in [0.5, 0.6) is 17.4 Å². The van der Waals surface area contributed by atoms with Crippen LogP contribution < -0.4 is 20.5 Å². The van der Waals surface area contributed by atoms with Crippen molar-refractivity contribution in [2.45, 2.75) is 6.92 Å². The highest BCUT2D eigenvalue weighted by Gasteiger charge is 2.06. The molecule has 0 spiro atoms. The standard InChI is InChI=1S/C15H17N3O3/c1-10-6-7-11(20-2)8-12(10)21-15-5-3-4-13(18-15)17-14(19)9-16/h3-8H,9,16H2,1-2H3,(H,17,18,19). The molecule has 0 aliphatic carbocycles. The van der Waals surface area contributed by atoms with E-state index in [2.05, 4.69) is 10.3 Å². The van der Waals surface area contributed by atoms with Gasteiger partial charge in [-0.25, -0.2) is 0 Å². The molecule has 0 saturated heterocycles. The van der Waals surface area contributed by atoms with Crippen molar-refractivity contribution in [3.63, 3.8) is 0 Å². The first-order chi connectivity index (χ1) is 10.1. The first-order valence-corrected chi connectivity index (χ1v) is 6.42. The largest absolute Gasteiger partial charge is 0.497 e. The Morgan fingerprint density at radius 2 is 2.14 bits per heavy atom. The van der Waals surface area contributed by atoms with Gasteiger partial charge in [0.1, 0.15) is 17.3 Å². The topological polar surface area (TPSA) is 86.5 Å². The highest BCUT2D eigenvalue weighted by Crippen LogP contribution is 2.28. The number of anilines is 1. The summed E-state index contributed by atoms with van der Waals surface area (Å²) in [6, 6.07) is 10.6. The summed E-state index contributed by atoms with van der Waals surface area (Å²) in [5, 5.41) is 2.58. The van der Waals surface area contributed by atoms with Crippen molar-refractivity contribution in [1.82, 2.24) is 4.98 Å². The maximum atomic E-state index is 11.3. The predicted molar refractivity (Wildman–Crippen MR) is 79.7 cm³/mol. The zero-order valence-electron chi connectivity index (χ0n) is 11.9. The smallest absolute Gasteiger partial charge is 0.239 e. The Labute approximate surface area is 122 Å². The molecular formula is C15H17N3O3. The monoisotopic (exact) mass is 287 g/mol. The molecule has 0 radical (unpaired) electrons. The van der Waals surface area contributed by atoms with E-state index in [4.69, 9.17) is 15.2 Å². The van der Waals surface area contributed by atoms with Crippen molar-refractivity contribution < 1.29 is 14.3 Å². The van der Waals surface area contributed by atoms with Gasteiger partial charge in [-0.3, -0.25) is 4.79 Å². The van der Waals surface area contributed by atoms with Crippen molar-refractivity contribution in [2.24, 2.45) is 5.73 Å². The summed E-state index contributed by atoms with van der Waals surface area (Å²) in [4.78, 5) is 15.5. The number of hydrogen-bond acceptors (Lipinski definition) is 5. The second-order valence-corrected chi connectivity index (χ2v) is 4.35. The van der Waals surface area contributed by atoms with E-state index in [1.165, 1.54) is 0 Å². The number of carbonyl (C=O) groups excluding carboxylic acids is 1. The van der Waals surface area contributed by atoms with E-state index in [9.17, 15) is 4.79 Å². The molecule has 6 heteroatoms. The fourth-order valence-electron chi connectivity index (χ4n) is 1.67. The molecule has 3 N–H and O–H groups in total. The first kappa shape index (κ1) is 14.8. The minimum Gasteiger partial charge on any atom is -0.497 e. The molecule has 0 bridgehead atoms. The number of carbonyl (C=O) groups is 1. The minimum absolute atomic E-state index is 0.0955. The number of amides is 1. The Balaban J connectivity index is 2.19. The molecule has 0 unspecified atom stereocenters. The second-order valence-electron chi connectivity index (χ2n) is 4.35. The summed E-state index contributed by atoms with van der Waals surface area (Å²) in [5.41, 5.74) is 6.20. The maximum absolute atomic E-state index is 11.3. The molecule has 21 heavy (non-hydrogen) atoms. The zero-order chi connectivity index (χ0) is 15.2. The number of rotatable bonds is 5. The molecule has 2 aromatic rings. The molecule has 1 heterocycles.